The molecule has 0 amide bonds. The molecule has 7 nitrogen and oxygen atoms in total. The molecule has 2 aliphatic rings. The summed E-state index contributed by atoms with van der Waals surface area (Å²) in [5.41, 5.74) is 4.30. The number of ether oxygens (including phenoxy) is 7. The van der Waals surface area contributed by atoms with Crippen LogP contribution in [0.2, 0.25) is 0 Å². The highest BCUT2D eigenvalue weighted by Crippen LogP contribution is 2.36. The van der Waals surface area contributed by atoms with E-state index in [2.05, 4.69) is 74.5 Å². The fourth-order valence-corrected chi connectivity index (χ4v) is 7.00. The van der Waals surface area contributed by atoms with Crippen LogP contribution >= 0.6 is 0 Å². The molecule has 0 aliphatic carbocycles. The van der Waals surface area contributed by atoms with E-state index >= 15 is 0 Å². The molecule has 6 rings (SSSR count). The minimum absolute atomic E-state index is 0.00362. The Bertz CT molecular complexity index is 1620. The highest BCUT2D eigenvalue weighted by Gasteiger charge is 2.48. The lowest BCUT2D eigenvalue weighted by atomic mass is 9.91. The summed E-state index contributed by atoms with van der Waals surface area (Å²) < 4.78 is 46.5. The molecule has 4 aromatic carbocycles. The van der Waals surface area contributed by atoms with Gasteiger partial charge in [0, 0.05) is 5.92 Å². The van der Waals surface area contributed by atoms with E-state index in [4.69, 9.17) is 33.2 Å². The van der Waals surface area contributed by atoms with Crippen molar-refractivity contribution in [1.29, 1.82) is 0 Å². The van der Waals surface area contributed by atoms with Crippen LogP contribution in [-0.4, -0.2) is 55.1 Å². The summed E-state index contributed by atoms with van der Waals surface area (Å²) in [6.45, 7) is 10.2. The van der Waals surface area contributed by atoms with Crippen LogP contribution in [0.5, 0.6) is 0 Å². The Kier molecular flexibility index (Phi) is 13.8. The zero-order valence-electron chi connectivity index (χ0n) is 30.9. The summed E-state index contributed by atoms with van der Waals surface area (Å²) in [7, 11) is 0. The van der Waals surface area contributed by atoms with Gasteiger partial charge in [-0.25, -0.2) is 0 Å². The molecule has 4 aromatic rings. The fraction of sp³-hybridized carbons (Fsp3) is 0.422. The standard InChI is InChI=1S/C45H54O7/c1-5-38-41(52-45(3,4)51-38)33(2)26-27-39-42(47-29-35-20-12-7-13-21-35)44(49-31-37-24-16-9-17-25-37)43(48-30-36-22-14-8-15-23-36)40(50-39)32-46-28-34-18-10-6-11-19-34/h6-27,33,38-44H,5,28-32H2,1-4H3/b27-26-/t33-,38+,39?,40?,41-,42?,43?,44?/m0/s1. The first-order chi connectivity index (χ1) is 25.4. The summed E-state index contributed by atoms with van der Waals surface area (Å²) in [6, 6.07) is 40.8. The maximum atomic E-state index is 7.00. The van der Waals surface area contributed by atoms with Gasteiger partial charge in [-0.3, -0.25) is 0 Å². The van der Waals surface area contributed by atoms with E-state index in [-0.39, 0.29) is 18.1 Å². The Morgan fingerprint density at radius 3 is 1.56 bits per heavy atom. The third-order valence-electron chi connectivity index (χ3n) is 9.67. The third kappa shape index (κ3) is 10.7. The van der Waals surface area contributed by atoms with Crippen molar-refractivity contribution in [2.45, 2.75) is 109 Å². The van der Waals surface area contributed by atoms with Crippen molar-refractivity contribution >= 4 is 0 Å². The summed E-state index contributed by atoms with van der Waals surface area (Å²) >= 11 is 0. The van der Waals surface area contributed by atoms with Gasteiger partial charge in [0.2, 0.25) is 0 Å². The molecule has 2 fully saturated rings. The van der Waals surface area contributed by atoms with Gasteiger partial charge in [0.1, 0.15) is 30.5 Å². The lowest BCUT2D eigenvalue weighted by Gasteiger charge is -2.45. The number of rotatable bonds is 17. The van der Waals surface area contributed by atoms with Gasteiger partial charge in [-0.05, 0) is 42.5 Å². The second kappa shape index (κ2) is 18.9. The minimum atomic E-state index is -0.628. The Morgan fingerprint density at radius 1 is 0.596 bits per heavy atom. The van der Waals surface area contributed by atoms with Crippen LogP contribution < -0.4 is 0 Å². The van der Waals surface area contributed by atoms with Gasteiger partial charge in [0.25, 0.3) is 0 Å². The lowest BCUT2D eigenvalue weighted by molar-refractivity contribution is -0.263. The van der Waals surface area contributed by atoms with Crippen molar-refractivity contribution in [3.8, 4) is 0 Å². The Labute approximate surface area is 309 Å². The Morgan fingerprint density at radius 2 is 1.06 bits per heavy atom. The molecular formula is C45H54O7. The van der Waals surface area contributed by atoms with Crippen molar-refractivity contribution in [3.05, 3.63) is 156 Å². The first-order valence-electron chi connectivity index (χ1n) is 18.7. The van der Waals surface area contributed by atoms with Crippen LogP contribution in [0.15, 0.2) is 133 Å². The zero-order chi connectivity index (χ0) is 36.2. The van der Waals surface area contributed by atoms with Crippen LogP contribution in [0, 0.1) is 5.92 Å². The molecule has 0 bridgehead atoms. The van der Waals surface area contributed by atoms with Gasteiger partial charge in [0.05, 0.1) is 45.2 Å². The molecule has 0 radical (unpaired) electrons. The highest BCUT2D eigenvalue weighted by molar-refractivity contribution is 5.17. The van der Waals surface area contributed by atoms with Crippen molar-refractivity contribution in [1.82, 2.24) is 0 Å². The molecule has 0 aromatic heterocycles. The number of benzene rings is 4. The summed E-state index contributed by atoms with van der Waals surface area (Å²) in [4.78, 5) is 0. The van der Waals surface area contributed by atoms with Gasteiger partial charge in [0.15, 0.2) is 5.79 Å². The van der Waals surface area contributed by atoms with Gasteiger partial charge < -0.3 is 33.2 Å². The van der Waals surface area contributed by atoms with E-state index in [1.54, 1.807) is 0 Å². The molecule has 276 valence electrons. The first-order valence-corrected chi connectivity index (χ1v) is 18.7. The molecule has 0 N–H and O–H groups in total. The SMILES string of the molecule is CC[C@H]1OC(C)(C)O[C@H]1[C@@H](C)/C=C\C1OC(COCc2ccccc2)C(OCc2ccccc2)C(OCc2ccccc2)C1OCc1ccccc1. The molecule has 2 aliphatic heterocycles. The van der Waals surface area contributed by atoms with E-state index in [9.17, 15) is 0 Å². The molecule has 2 heterocycles. The van der Waals surface area contributed by atoms with E-state index in [1.165, 1.54) is 0 Å². The maximum absolute atomic E-state index is 7.00. The topological polar surface area (TPSA) is 64.6 Å². The molecule has 52 heavy (non-hydrogen) atoms. The Balaban J connectivity index is 1.32. The maximum Gasteiger partial charge on any atom is 0.163 e. The molecule has 5 unspecified atom stereocenters. The van der Waals surface area contributed by atoms with E-state index in [0.29, 0.717) is 33.0 Å². The molecule has 2 saturated heterocycles. The predicted octanol–water partition coefficient (Wildman–Crippen LogP) is 8.85. The monoisotopic (exact) mass is 706 g/mol. The van der Waals surface area contributed by atoms with Gasteiger partial charge in [-0.1, -0.05) is 147 Å². The molecule has 7 heteroatoms. The van der Waals surface area contributed by atoms with E-state index in [1.807, 2.05) is 86.6 Å². The lowest BCUT2D eigenvalue weighted by Crippen LogP contribution is -2.60. The van der Waals surface area contributed by atoms with Gasteiger partial charge in [-0.2, -0.15) is 0 Å². The first kappa shape index (κ1) is 38.1. The Hall–Kier alpha value is -3.66. The van der Waals surface area contributed by atoms with Gasteiger partial charge in [-0.15, -0.1) is 0 Å². The summed E-state index contributed by atoms with van der Waals surface area (Å²) in [6.07, 6.45) is 2.74. The van der Waals surface area contributed by atoms with Crippen LogP contribution in [0.3, 0.4) is 0 Å². The van der Waals surface area contributed by atoms with Crippen molar-refractivity contribution in [3.63, 3.8) is 0 Å². The third-order valence-corrected chi connectivity index (χ3v) is 9.67. The predicted molar refractivity (Wildman–Crippen MR) is 202 cm³/mol. The second-order valence-electron chi connectivity index (χ2n) is 14.2. The highest BCUT2D eigenvalue weighted by atomic mass is 16.8. The summed E-state index contributed by atoms with van der Waals surface area (Å²) in [5.74, 6) is -0.564. The normalized spacial score (nSPS) is 26.4. The smallest absolute Gasteiger partial charge is 0.163 e. The van der Waals surface area contributed by atoms with Crippen molar-refractivity contribution in [2.24, 2.45) is 5.92 Å². The summed E-state index contributed by atoms with van der Waals surface area (Å²) in [5, 5.41) is 0. The molecular weight excluding hydrogens is 652 g/mol. The minimum Gasteiger partial charge on any atom is -0.374 e. The quantitative estimate of drug-likeness (QED) is 0.102. The molecule has 0 saturated carbocycles. The zero-order valence-corrected chi connectivity index (χ0v) is 30.9. The van der Waals surface area contributed by atoms with Crippen LogP contribution in [-0.2, 0) is 59.6 Å². The number of hydrogen-bond acceptors (Lipinski definition) is 7. The fourth-order valence-electron chi connectivity index (χ4n) is 7.00. The van der Waals surface area contributed by atoms with E-state index < -0.39 is 36.3 Å². The average Bonchev–Trinajstić information content (AvgIpc) is 3.51. The van der Waals surface area contributed by atoms with Crippen LogP contribution in [0.25, 0.3) is 0 Å². The molecule has 0 spiro atoms. The average molecular weight is 707 g/mol. The van der Waals surface area contributed by atoms with Crippen molar-refractivity contribution < 1.29 is 33.2 Å². The van der Waals surface area contributed by atoms with Crippen molar-refractivity contribution in [2.75, 3.05) is 6.61 Å². The number of hydrogen-bond donors (Lipinski definition) is 0. The molecule has 8 atom stereocenters. The largest absolute Gasteiger partial charge is 0.374 e. The van der Waals surface area contributed by atoms with Crippen LogP contribution in [0.1, 0.15) is 56.4 Å². The van der Waals surface area contributed by atoms with Crippen LogP contribution in [0.4, 0.5) is 0 Å². The second-order valence-corrected chi connectivity index (χ2v) is 14.2. The van der Waals surface area contributed by atoms with Gasteiger partial charge >= 0.3 is 0 Å². The van der Waals surface area contributed by atoms with E-state index in [0.717, 1.165) is 28.7 Å².